The molecule has 0 amide bonds. The molecule has 2 aromatic carbocycles. The molecule has 0 fully saturated rings. The van der Waals surface area contributed by atoms with Crippen LogP contribution in [0.5, 0.6) is 5.75 Å². The van der Waals surface area contributed by atoms with E-state index < -0.39 is 0 Å². The van der Waals surface area contributed by atoms with Crippen LogP contribution in [0.15, 0.2) is 54.6 Å². The second kappa shape index (κ2) is 7.85. The Morgan fingerprint density at radius 3 is 2.00 bits per heavy atom. The van der Waals surface area contributed by atoms with Gasteiger partial charge in [-0.3, -0.25) is 0 Å². The van der Waals surface area contributed by atoms with Gasteiger partial charge in [0.05, 0.1) is 0 Å². The predicted octanol–water partition coefficient (Wildman–Crippen LogP) is 5.57. The van der Waals surface area contributed by atoms with E-state index in [1.165, 1.54) is 11.1 Å². The zero-order valence-corrected chi connectivity index (χ0v) is 15.7. The van der Waals surface area contributed by atoms with Gasteiger partial charge in [0.15, 0.2) is 0 Å². The maximum atomic E-state index is 5.84. The highest BCUT2D eigenvalue weighted by atomic mass is 16.5. The molecule has 0 bridgehead atoms. The molecule has 2 rings (SSSR count). The van der Waals surface area contributed by atoms with Crippen LogP contribution in [0.25, 0.3) is 0 Å². The van der Waals surface area contributed by atoms with Crippen molar-refractivity contribution in [1.29, 1.82) is 0 Å². The quantitative estimate of drug-likeness (QED) is 0.718. The summed E-state index contributed by atoms with van der Waals surface area (Å²) < 4.78 is 5.84. The summed E-state index contributed by atoms with van der Waals surface area (Å²) in [5.41, 5.74) is 2.92. The van der Waals surface area contributed by atoms with Gasteiger partial charge < -0.3 is 10.1 Å². The third-order valence-corrected chi connectivity index (χ3v) is 3.92. The first kappa shape index (κ1) is 18.5. The number of benzene rings is 2. The lowest BCUT2D eigenvalue weighted by Gasteiger charge is -2.33. The second-order valence-corrected chi connectivity index (χ2v) is 8.39. The third kappa shape index (κ3) is 6.76. The van der Waals surface area contributed by atoms with Crippen LogP contribution < -0.4 is 10.1 Å². The highest BCUT2D eigenvalue weighted by Crippen LogP contribution is 2.27. The average Bonchev–Trinajstić information content (AvgIpc) is 2.51. The highest BCUT2D eigenvalue weighted by molar-refractivity contribution is 5.28. The molecule has 0 aromatic heterocycles. The van der Waals surface area contributed by atoms with Gasteiger partial charge >= 0.3 is 0 Å². The Kier molecular flexibility index (Phi) is 6.06. The minimum atomic E-state index is 0.126. The average molecular weight is 325 g/mol. The van der Waals surface area contributed by atoms with E-state index in [-0.39, 0.29) is 5.54 Å². The van der Waals surface area contributed by atoms with Crippen LogP contribution in [0.1, 0.15) is 52.2 Å². The van der Waals surface area contributed by atoms with Crippen LogP contribution in [0.3, 0.4) is 0 Å². The van der Waals surface area contributed by atoms with Gasteiger partial charge in [0.25, 0.3) is 0 Å². The Hall–Kier alpha value is -1.80. The molecule has 0 aliphatic rings. The molecule has 2 nitrogen and oxygen atoms in total. The minimum absolute atomic E-state index is 0.126. The molecular formula is C22H31NO. The first-order valence-electron chi connectivity index (χ1n) is 8.74. The van der Waals surface area contributed by atoms with Gasteiger partial charge in [-0.15, -0.1) is 0 Å². The van der Waals surface area contributed by atoms with Crippen molar-refractivity contribution in [3.05, 3.63) is 65.7 Å². The third-order valence-electron chi connectivity index (χ3n) is 3.92. The highest BCUT2D eigenvalue weighted by Gasteiger charge is 2.24. The summed E-state index contributed by atoms with van der Waals surface area (Å²) in [7, 11) is 0. The molecule has 1 N–H and O–H groups in total. The topological polar surface area (TPSA) is 21.3 Å². The fourth-order valence-corrected chi connectivity index (χ4v) is 3.17. The fraction of sp³-hybridized carbons (Fsp3) is 0.455. The maximum Gasteiger partial charge on any atom is 0.119 e. The predicted molar refractivity (Wildman–Crippen MR) is 102 cm³/mol. The van der Waals surface area contributed by atoms with Crippen molar-refractivity contribution in [3.8, 4) is 5.75 Å². The van der Waals surface area contributed by atoms with Gasteiger partial charge in [0.1, 0.15) is 12.4 Å². The van der Waals surface area contributed by atoms with Crippen LogP contribution >= 0.6 is 0 Å². The largest absolute Gasteiger partial charge is 0.489 e. The number of nitrogens with one attached hydrogen (secondary N) is 1. The van der Waals surface area contributed by atoms with E-state index in [0.29, 0.717) is 12.0 Å². The molecule has 2 aromatic rings. The van der Waals surface area contributed by atoms with Gasteiger partial charge in [-0.2, -0.15) is 0 Å². The SMILES string of the molecule is CC(C)(C)CC(C)(C)NCc1ccc(OCc2ccccc2)cc1. The van der Waals surface area contributed by atoms with Crippen LogP contribution in [-0.2, 0) is 13.2 Å². The Balaban J connectivity index is 1.83. The Bertz CT molecular complexity index is 609. The molecule has 0 saturated carbocycles. The minimum Gasteiger partial charge on any atom is -0.489 e. The Labute approximate surface area is 147 Å². The van der Waals surface area contributed by atoms with Gasteiger partial charge in [0.2, 0.25) is 0 Å². The van der Waals surface area contributed by atoms with Crippen molar-refractivity contribution in [2.45, 2.75) is 59.7 Å². The van der Waals surface area contributed by atoms with E-state index in [9.17, 15) is 0 Å². The monoisotopic (exact) mass is 325 g/mol. The molecule has 0 spiro atoms. The van der Waals surface area contributed by atoms with Crippen molar-refractivity contribution in [2.24, 2.45) is 5.41 Å². The zero-order valence-electron chi connectivity index (χ0n) is 15.7. The Morgan fingerprint density at radius 1 is 0.792 bits per heavy atom. The fourth-order valence-electron chi connectivity index (χ4n) is 3.17. The van der Waals surface area contributed by atoms with E-state index in [2.05, 4.69) is 76.3 Å². The van der Waals surface area contributed by atoms with Gasteiger partial charge in [-0.05, 0) is 48.9 Å². The smallest absolute Gasteiger partial charge is 0.119 e. The summed E-state index contributed by atoms with van der Waals surface area (Å²) in [6.45, 7) is 12.9. The number of hydrogen-bond donors (Lipinski definition) is 1. The van der Waals surface area contributed by atoms with Crippen molar-refractivity contribution in [2.75, 3.05) is 0 Å². The number of hydrogen-bond acceptors (Lipinski definition) is 2. The molecule has 0 aliphatic heterocycles. The molecule has 0 saturated heterocycles. The summed E-state index contributed by atoms with van der Waals surface area (Å²) in [5.74, 6) is 0.913. The molecule has 0 atom stereocenters. The van der Waals surface area contributed by atoms with Crippen LogP contribution in [0.4, 0.5) is 0 Å². The summed E-state index contributed by atoms with van der Waals surface area (Å²) in [6.07, 6.45) is 1.14. The lowest BCUT2D eigenvalue weighted by atomic mass is 9.82. The van der Waals surface area contributed by atoms with Crippen molar-refractivity contribution in [1.82, 2.24) is 5.32 Å². The molecule has 130 valence electrons. The normalized spacial score (nSPS) is 12.2. The lowest BCUT2D eigenvalue weighted by Crippen LogP contribution is -2.41. The second-order valence-electron chi connectivity index (χ2n) is 8.39. The first-order chi connectivity index (χ1) is 11.2. The van der Waals surface area contributed by atoms with Crippen LogP contribution in [0.2, 0.25) is 0 Å². The van der Waals surface area contributed by atoms with E-state index >= 15 is 0 Å². The zero-order chi connectivity index (χ0) is 17.6. The molecule has 0 aliphatic carbocycles. The summed E-state index contributed by atoms with van der Waals surface area (Å²) in [6, 6.07) is 18.6. The molecule has 24 heavy (non-hydrogen) atoms. The van der Waals surface area contributed by atoms with Crippen molar-refractivity contribution < 1.29 is 4.74 Å². The molecule has 0 heterocycles. The maximum absolute atomic E-state index is 5.84. The number of ether oxygens (including phenoxy) is 1. The van der Waals surface area contributed by atoms with Crippen molar-refractivity contribution >= 4 is 0 Å². The van der Waals surface area contributed by atoms with E-state index in [1.807, 2.05) is 18.2 Å². The van der Waals surface area contributed by atoms with Crippen LogP contribution in [-0.4, -0.2) is 5.54 Å². The van der Waals surface area contributed by atoms with E-state index in [1.54, 1.807) is 0 Å². The van der Waals surface area contributed by atoms with Gasteiger partial charge in [-0.1, -0.05) is 63.2 Å². The number of rotatable bonds is 7. The molecule has 0 radical (unpaired) electrons. The standard InChI is InChI=1S/C22H31NO/c1-21(2,3)17-22(4,5)23-15-18-11-13-20(14-12-18)24-16-19-9-7-6-8-10-19/h6-14,23H,15-17H2,1-5H3. The molecule has 0 unspecified atom stereocenters. The first-order valence-corrected chi connectivity index (χ1v) is 8.74. The summed E-state index contributed by atoms with van der Waals surface area (Å²) in [5, 5.41) is 3.67. The molecular weight excluding hydrogens is 294 g/mol. The summed E-state index contributed by atoms with van der Waals surface area (Å²) in [4.78, 5) is 0. The Morgan fingerprint density at radius 2 is 1.42 bits per heavy atom. The van der Waals surface area contributed by atoms with Crippen molar-refractivity contribution in [3.63, 3.8) is 0 Å². The summed E-state index contributed by atoms with van der Waals surface area (Å²) >= 11 is 0. The van der Waals surface area contributed by atoms with E-state index in [0.717, 1.165) is 18.7 Å². The van der Waals surface area contributed by atoms with Gasteiger partial charge in [0, 0.05) is 12.1 Å². The van der Waals surface area contributed by atoms with E-state index in [4.69, 9.17) is 4.74 Å². The van der Waals surface area contributed by atoms with Crippen LogP contribution in [0, 0.1) is 5.41 Å². The lowest BCUT2D eigenvalue weighted by molar-refractivity contribution is 0.240. The molecule has 2 heteroatoms. The van der Waals surface area contributed by atoms with Gasteiger partial charge in [-0.25, -0.2) is 0 Å².